The molecule has 23 heavy (non-hydrogen) atoms. The summed E-state index contributed by atoms with van der Waals surface area (Å²) in [5.41, 5.74) is 0.965. The number of benzene rings is 2. The fourth-order valence-electron chi connectivity index (χ4n) is 2.17. The van der Waals surface area contributed by atoms with Crippen LogP contribution in [0.1, 0.15) is 0 Å². The summed E-state index contributed by atoms with van der Waals surface area (Å²) < 4.78 is 15.0. The van der Waals surface area contributed by atoms with Gasteiger partial charge in [0, 0.05) is 6.07 Å². The third kappa shape index (κ3) is 2.59. The van der Waals surface area contributed by atoms with Gasteiger partial charge in [-0.3, -0.25) is 10.1 Å². The molecule has 9 heteroatoms. The highest BCUT2D eigenvalue weighted by Crippen LogP contribution is 2.37. The lowest BCUT2D eigenvalue weighted by molar-refractivity contribution is -0.382. The summed E-state index contributed by atoms with van der Waals surface area (Å²) in [5.74, 6) is 1.09. The van der Waals surface area contributed by atoms with E-state index in [4.69, 9.17) is 9.47 Å². The van der Waals surface area contributed by atoms with Crippen molar-refractivity contribution in [2.45, 2.75) is 0 Å². The number of nitrogens with zero attached hydrogens (tertiary/aromatic N) is 3. The molecule has 0 unspecified atom stereocenters. The monoisotopic (exact) mass is 316 g/mol. The predicted octanol–water partition coefficient (Wildman–Crippen LogP) is 2.89. The van der Waals surface area contributed by atoms with Crippen molar-refractivity contribution in [3.05, 3.63) is 40.4 Å². The Morgan fingerprint density at radius 2 is 1.91 bits per heavy atom. The number of nitro groups is 1. The van der Waals surface area contributed by atoms with Gasteiger partial charge in [-0.1, -0.05) is 0 Å². The van der Waals surface area contributed by atoms with Crippen LogP contribution in [-0.4, -0.2) is 29.5 Å². The first-order valence-corrected chi connectivity index (χ1v) is 6.52. The summed E-state index contributed by atoms with van der Waals surface area (Å²) in [6.45, 7) is 0. The highest BCUT2D eigenvalue weighted by Gasteiger charge is 2.23. The van der Waals surface area contributed by atoms with Crippen LogP contribution in [0.25, 0.3) is 11.0 Å². The SMILES string of the molecule is COc1ccc(Nc2ccc3nonc3c2[N+](=O)[O-])c(OC)c1. The Labute approximate surface area is 129 Å². The van der Waals surface area contributed by atoms with Gasteiger partial charge < -0.3 is 14.8 Å². The van der Waals surface area contributed by atoms with Crippen molar-refractivity contribution in [3.63, 3.8) is 0 Å². The highest BCUT2D eigenvalue weighted by atomic mass is 16.6. The van der Waals surface area contributed by atoms with E-state index >= 15 is 0 Å². The largest absolute Gasteiger partial charge is 0.497 e. The Bertz CT molecular complexity index is 877. The average Bonchev–Trinajstić information content (AvgIpc) is 3.03. The maximum absolute atomic E-state index is 11.4. The lowest BCUT2D eigenvalue weighted by Gasteiger charge is -2.12. The summed E-state index contributed by atoms with van der Waals surface area (Å²) in [6, 6.07) is 8.20. The number of rotatable bonds is 5. The van der Waals surface area contributed by atoms with Crippen molar-refractivity contribution in [2.24, 2.45) is 0 Å². The molecule has 0 atom stereocenters. The Morgan fingerprint density at radius 3 is 2.61 bits per heavy atom. The van der Waals surface area contributed by atoms with Gasteiger partial charge in [0.2, 0.25) is 5.52 Å². The van der Waals surface area contributed by atoms with Crippen LogP contribution in [0.15, 0.2) is 35.0 Å². The van der Waals surface area contributed by atoms with Gasteiger partial charge in [0.05, 0.1) is 24.8 Å². The van der Waals surface area contributed by atoms with Gasteiger partial charge in [-0.15, -0.1) is 0 Å². The van der Waals surface area contributed by atoms with Crippen molar-refractivity contribution in [1.82, 2.24) is 10.3 Å². The molecule has 2 aromatic carbocycles. The maximum Gasteiger partial charge on any atom is 0.323 e. The van der Waals surface area contributed by atoms with Gasteiger partial charge in [0.15, 0.2) is 0 Å². The Kier molecular flexibility index (Phi) is 3.67. The topological polar surface area (TPSA) is 113 Å². The molecule has 1 heterocycles. The number of anilines is 2. The molecule has 0 aliphatic carbocycles. The number of hydrogen-bond acceptors (Lipinski definition) is 8. The molecule has 0 radical (unpaired) electrons. The van der Waals surface area contributed by atoms with Crippen LogP contribution in [0.5, 0.6) is 11.5 Å². The quantitative estimate of drug-likeness (QED) is 0.564. The van der Waals surface area contributed by atoms with Crippen LogP contribution in [0.3, 0.4) is 0 Å². The van der Waals surface area contributed by atoms with Gasteiger partial charge in [-0.2, -0.15) is 0 Å². The van der Waals surface area contributed by atoms with E-state index in [0.717, 1.165) is 0 Å². The minimum atomic E-state index is -0.537. The van der Waals surface area contributed by atoms with Crippen molar-refractivity contribution in [1.29, 1.82) is 0 Å². The summed E-state index contributed by atoms with van der Waals surface area (Å²) in [5, 5.41) is 21.6. The maximum atomic E-state index is 11.4. The molecule has 0 spiro atoms. The van der Waals surface area contributed by atoms with E-state index in [2.05, 4.69) is 20.3 Å². The number of hydrogen-bond donors (Lipinski definition) is 1. The number of fused-ring (bicyclic) bond motifs is 1. The lowest BCUT2D eigenvalue weighted by Crippen LogP contribution is -2.00. The summed E-state index contributed by atoms with van der Waals surface area (Å²) in [7, 11) is 3.04. The van der Waals surface area contributed by atoms with E-state index in [-0.39, 0.29) is 16.9 Å². The second-order valence-electron chi connectivity index (χ2n) is 4.54. The van der Waals surface area contributed by atoms with Gasteiger partial charge in [-0.05, 0) is 34.6 Å². The summed E-state index contributed by atoms with van der Waals surface area (Å²) >= 11 is 0. The van der Waals surface area contributed by atoms with Crippen LogP contribution in [0.2, 0.25) is 0 Å². The number of ether oxygens (including phenoxy) is 2. The molecule has 0 saturated heterocycles. The predicted molar refractivity (Wildman–Crippen MR) is 81.3 cm³/mol. The van der Waals surface area contributed by atoms with E-state index in [1.165, 1.54) is 20.3 Å². The van der Waals surface area contributed by atoms with Gasteiger partial charge in [0.1, 0.15) is 22.7 Å². The standard InChI is InChI=1S/C14H12N4O5/c1-21-8-3-4-9(12(7-8)22-2)15-11-6-5-10-13(17-23-16-10)14(11)18(19)20/h3-7,15H,1-2H3. The van der Waals surface area contributed by atoms with Gasteiger partial charge in [0.25, 0.3) is 0 Å². The average molecular weight is 316 g/mol. The molecule has 1 aromatic heterocycles. The minimum absolute atomic E-state index is 0.0764. The highest BCUT2D eigenvalue weighted by molar-refractivity contribution is 5.92. The Morgan fingerprint density at radius 1 is 1.13 bits per heavy atom. The van der Waals surface area contributed by atoms with Crippen LogP contribution in [-0.2, 0) is 0 Å². The fourth-order valence-corrected chi connectivity index (χ4v) is 2.17. The molecule has 0 saturated carbocycles. The molecule has 0 fully saturated rings. The van der Waals surface area contributed by atoms with E-state index < -0.39 is 4.92 Å². The van der Waals surface area contributed by atoms with E-state index in [9.17, 15) is 10.1 Å². The number of aromatic nitrogens is 2. The van der Waals surface area contributed by atoms with Crippen LogP contribution in [0, 0.1) is 10.1 Å². The molecule has 118 valence electrons. The van der Waals surface area contributed by atoms with Crippen molar-refractivity contribution in [3.8, 4) is 11.5 Å². The number of nitrogens with one attached hydrogen (secondary N) is 1. The van der Waals surface area contributed by atoms with Crippen molar-refractivity contribution in [2.75, 3.05) is 19.5 Å². The zero-order chi connectivity index (χ0) is 16.4. The molecular formula is C14H12N4O5. The Balaban J connectivity index is 2.08. The van der Waals surface area contributed by atoms with Gasteiger partial charge >= 0.3 is 5.69 Å². The molecule has 0 aliphatic heterocycles. The normalized spacial score (nSPS) is 10.5. The molecule has 0 aliphatic rings. The molecule has 0 bridgehead atoms. The smallest absolute Gasteiger partial charge is 0.323 e. The molecule has 3 aromatic rings. The summed E-state index contributed by atoms with van der Waals surface area (Å²) in [6.07, 6.45) is 0. The minimum Gasteiger partial charge on any atom is -0.497 e. The van der Waals surface area contributed by atoms with Crippen LogP contribution in [0.4, 0.5) is 17.1 Å². The first kappa shape index (κ1) is 14.6. The summed E-state index contributed by atoms with van der Waals surface area (Å²) in [4.78, 5) is 10.8. The molecule has 1 N–H and O–H groups in total. The molecule has 9 nitrogen and oxygen atoms in total. The van der Waals surface area contributed by atoms with E-state index in [1.54, 1.807) is 24.3 Å². The van der Waals surface area contributed by atoms with Crippen LogP contribution < -0.4 is 14.8 Å². The van der Waals surface area contributed by atoms with E-state index in [1.807, 2.05) is 0 Å². The zero-order valence-electron chi connectivity index (χ0n) is 12.3. The third-order valence-corrected chi connectivity index (χ3v) is 3.26. The number of methoxy groups -OCH3 is 2. The van der Waals surface area contributed by atoms with E-state index in [0.29, 0.717) is 22.7 Å². The number of nitro benzene ring substituents is 1. The first-order chi connectivity index (χ1) is 11.1. The van der Waals surface area contributed by atoms with Gasteiger partial charge in [-0.25, -0.2) is 4.63 Å². The zero-order valence-corrected chi connectivity index (χ0v) is 12.3. The lowest BCUT2D eigenvalue weighted by atomic mass is 10.2. The molecule has 3 rings (SSSR count). The first-order valence-electron chi connectivity index (χ1n) is 6.52. The molecule has 0 amide bonds. The third-order valence-electron chi connectivity index (χ3n) is 3.26. The molecular weight excluding hydrogens is 304 g/mol. The Hall–Kier alpha value is -3.36. The second-order valence-corrected chi connectivity index (χ2v) is 4.54. The van der Waals surface area contributed by atoms with Crippen molar-refractivity contribution < 1.29 is 19.0 Å². The van der Waals surface area contributed by atoms with Crippen molar-refractivity contribution >= 4 is 28.1 Å². The fraction of sp³-hybridized carbons (Fsp3) is 0.143. The van der Waals surface area contributed by atoms with Crippen LogP contribution >= 0.6 is 0 Å². The second kappa shape index (κ2) is 5.79.